The van der Waals surface area contributed by atoms with Crippen LogP contribution < -0.4 is 4.90 Å². The van der Waals surface area contributed by atoms with Crippen molar-refractivity contribution in [2.75, 3.05) is 4.90 Å². The molecule has 0 spiro atoms. The van der Waals surface area contributed by atoms with Crippen molar-refractivity contribution in [3.05, 3.63) is 47.0 Å². The van der Waals surface area contributed by atoms with E-state index in [-0.39, 0.29) is 48.2 Å². The molecule has 3 aliphatic heterocycles. The minimum absolute atomic E-state index is 0.143. The molecule has 3 aliphatic rings. The number of imide groups is 1. The van der Waals surface area contributed by atoms with Crippen LogP contribution in [0.15, 0.2) is 24.3 Å². The molecule has 6 nitrogen and oxygen atoms in total. The Hall–Kier alpha value is -2.54. The highest BCUT2D eigenvalue weighted by Crippen LogP contribution is 2.50. The number of ether oxygens (including phenoxy) is 1. The molecule has 0 unspecified atom stereocenters. The third-order valence-electron chi connectivity index (χ3n) is 6.13. The molecule has 1 aromatic carbocycles. The van der Waals surface area contributed by atoms with E-state index in [1.165, 1.54) is 11.0 Å². The van der Waals surface area contributed by atoms with Gasteiger partial charge in [0.05, 0.1) is 47.7 Å². The Kier molecular flexibility index (Phi) is 3.53. The van der Waals surface area contributed by atoms with E-state index in [9.17, 15) is 14.0 Å². The number of fused-ring (bicyclic) bond motifs is 5. The summed E-state index contributed by atoms with van der Waals surface area (Å²) in [4.78, 5) is 27.4. The summed E-state index contributed by atoms with van der Waals surface area (Å²) in [6.07, 6.45) is 1.39. The van der Waals surface area contributed by atoms with Gasteiger partial charge in [-0.2, -0.15) is 5.10 Å². The summed E-state index contributed by atoms with van der Waals surface area (Å²) < 4.78 is 21.5. The number of rotatable bonds is 3. The van der Waals surface area contributed by atoms with E-state index < -0.39 is 0 Å². The van der Waals surface area contributed by atoms with Crippen LogP contribution in [0, 0.1) is 31.5 Å². The van der Waals surface area contributed by atoms with Gasteiger partial charge in [-0.1, -0.05) is 18.2 Å². The molecule has 5 rings (SSSR count). The normalized spacial score (nSPS) is 29.1. The standard InChI is InChI=1S/C20H20FN3O3/c1-10-18(11(2)23(22-10)9-12-5-3-4-6-13(12)21)24-19(25)16-14-7-8-15(27-14)17(16)20(24)26/h3-6,14-17H,7-9H2,1-2H3/t14-,15-,16-,17-/m1/s1. The van der Waals surface area contributed by atoms with E-state index in [1.807, 2.05) is 6.92 Å². The first-order valence-electron chi connectivity index (χ1n) is 9.28. The van der Waals surface area contributed by atoms with E-state index in [1.54, 1.807) is 29.8 Å². The number of anilines is 1. The van der Waals surface area contributed by atoms with Gasteiger partial charge in [-0.25, -0.2) is 9.29 Å². The van der Waals surface area contributed by atoms with Crippen LogP contribution in [-0.4, -0.2) is 33.8 Å². The lowest BCUT2D eigenvalue weighted by atomic mass is 9.81. The summed E-state index contributed by atoms with van der Waals surface area (Å²) >= 11 is 0. The molecule has 4 heterocycles. The number of aromatic nitrogens is 2. The average molecular weight is 369 g/mol. The number of halogens is 1. The van der Waals surface area contributed by atoms with Gasteiger partial charge in [0.1, 0.15) is 5.82 Å². The Morgan fingerprint density at radius 3 is 2.37 bits per heavy atom. The predicted molar refractivity (Wildman–Crippen MR) is 94.6 cm³/mol. The smallest absolute Gasteiger partial charge is 0.240 e. The van der Waals surface area contributed by atoms with Gasteiger partial charge >= 0.3 is 0 Å². The molecule has 3 fully saturated rings. The highest BCUT2D eigenvalue weighted by atomic mass is 19.1. The fourth-order valence-corrected chi connectivity index (χ4v) is 4.89. The third-order valence-corrected chi connectivity index (χ3v) is 6.13. The van der Waals surface area contributed by atoms with Crippen LogP contribution in [0.5, 0.6) is 0 Å². The SMILES string of the molecule is Cc1nn(Cc2ccccc2F)c(C)c1N1C(=O)[C@H]2[C@H](C1=O)[C@H]1CC[C@H]2O1. The number of aryl methyl sites for hydroxylation is 1. The summed E-state index contributed by atoms with van der Waals surface area (Å²) in [6.45, 7) is 3.84. The van der Waals surface area contributed by atoms with Crippen LogP contribution in [0.1, 0.15) is 29.8 Å². The molecule has 0 aliphatic carbocycles. The van der Waals surface area contributed by atoms with Gasteiger partial charge in [-0.3, -0.25) is 14.3 Å². The fourth-order valence-electron chi connectivity index (χ4n) is 4.89. The highest BCUT2D eigenvalue weighted by molar-refractivity contribution is 6.23. The third kappa shape index (κ3) is 2.24. The number of hydrogen-bond donors (Lipinski definition) is 0. The van der Waals surface area contributed by atoms with Crippen LogP contribution in [0.25, 0.3) is 0 Å². The zero-order chi connectivity index (χ0) is 18.9. The number of carbonyl (C=O) groups excluding carboxylic acids is 2. The monoisotopic (exact) mass is 369 g/mol. The second-order valence-corrected chi connectivity index (χ2v) is 7.62. The van der Waals surface area contributed by atoms with Gasteiger partial charge in [0.15, 0.2) is 0 Å². The molecule has 1 aromatic heterocycles. The Balaban J connectivity index is 1.51. The summed E-state index contributed by atoms with van der Waals surface area (Å²) in [5, 5.41) is 4.48. The van der Waals surface area contributed by atoms with Gasteiger partial charge < -0.3 is 4.74 Å². The van der Waals surface area contributed by atoms with E-state index in [0.29, 0.717) is 22.6 Å². The maximum atomic E-state index is 14.0. The van der Waals surface area contributed by atoms with E-state index in [0.717, 1.165) is 12.8 Å². The molecular weight excluding hydrogens is 349 g/mol. The van der Waals surface area contributed by atoms with Gasteiger partial charge in [0.2, 0.25) is 11.8 Å². The maximum absolute atomic E-state index is 14.0. The van der Waals surface area contributed by atoms with Crippen LogP contribution in [-0.2, 0) is 20.9 Å². The summed E-state index contributed by atoms with van der Waals surface area (Å²) in [6, 6.07) is 6.53. The number of nitrogens with zero attached hydrogens (tertiary/aromatic N) is 3. The summed E-state index contributed by atoms with van der Waals surface area (Å²) in [7, 11) is 0. The molecule has 2 bridgehead atoms. The molecule has 4 atom stereocenters. The molecule has 3 saturated heterocycles. The molecule has 2 amide bonds. The number of benzene rings is 1. The van der Waals surface area contributed by atoms with Crippen molar-refractivity contribution < 1.29 is 18.7 Å². The second kappa shape index (κ2) is 5.73. The highest BCUT2D eigenvalue weighted by Gasteiger charge is 2.63. The first kappa shape index (κ1) is 16.6. The Bertz CT molecular complexity index is 941. The molecular formula is C20H20FN3O3. The van der Waals surface area contributed by atoms with Crippen molar-refractivity contribution in [3.8, 4) is 0 Å². The van der Waals surface area contributed by atoms with Crippen molar-refractivity contribution >= 4 is 17.5 Å². The Morgan fingerprint density at radius 2 is 1.74 bits per heavy atom. The molecule has 0 N–H and O–H groups in total. The quantitative estimate of drug-likeness (QED) is 0.779. The van der Waals surface area contributed by atoms with Crippen LogP contribution >= 0.6 is 0 Å². The van der Waals surface area contributed by atoms with E-state index in [2.05, 4.69) is 5.10 Å². The van der Waals surface area contributed by atoms with Crippen molar-refractivity contribution in [2.24, 2.45) is 11.8 Å². The van der Waals surface area contributed by atoms with Crippen molar-refractivity contribution in [3.63, 3.8) is 0 Å². The lowest BCUT2D eigenvalue weighted by molar-refractivity contribution is -0.124. The summed E-state index contributed by atoms with van der Waals surface area (Å²) in [5.74, 6) is -1.42. The van der Waals surface area contributed by atoms with Gasteiger partial charge in [-0.05, 0) is 32.8 Å². The number of hydrogen-bond acceptors (Lipinski definition) is 4. The summed E-state index contributed by atoms with van der Waals surface area (Å²) in [5.41, 5.74) is 2.33. The van der Waals surface area contributed by atoms with Crippen molar-refractivity contribution in [2.45, 2.75) is 45.4 Å². The minimum atomic E-state index is -0.370. The van der Waals surface area contributed by atoms with Crippen LogP contribution in [0.4, 0.5) is 10.1 Å². The van der Waals surface area contributed by atoms with Gasteiger partial charge in [0.25, 0.3) is 0 Å². The molecule has 0 saturated carbocycles. The Morgan fingerprint density at radius 1 is 1.11 bits per heavy atom. The Labute approximate surface area is 155 Å². The first-order chi connectivity index (χ1) is 13.0. The molecule has 140 valence electrons. The van der Waals surface area contributed by atoms with Crippen molar-refractivity contribution in [1.82, 2.24) is 9.78 Å². The van der Waals surface area contributed by atoms with Crippen LogP contribution in [0.2, 0.25) is 0 Å². The zero-order valence-corrected chi connectivity index (χ0v) is 15.2. The lowest BCUT2D eigenvalue weighted by Gasteiger charge is -2.18. The molecule has 27 heavy (non-hydrogen) atoms. The zero-order valence-electron chi connectivity index (χ0n) is 15.2. The van der Waals surface area contributed by atoms with Crippen molar-refractivity contribution in [1.29, 1.82) is 0 Å². The number of carbonyl (C=O) groups is 2. The van der Waals surface area contributed by atoms with E-state index in [4.69, 9.17) is 4.74 Å². The first-order valence-corrected chi connectivity index (χ1v) is 9.28. The second-order valence-electron chi connectivity index (χ2n) is 7.62. The van der Waals surface area contributed by atoms with Gasteiger partial charge in [0, 0.05) is 5.56 Å². The van der Waals surface area contributed by atoms with Gasteiger partial charge in [-0.15, -0.1) is 0 Å². The predicted octanol–water partition coefficient (Wildman–Crippen LogP) is 2.35. The molecule has 0 radical (unpaired) electrons. The van der Waals surface area contributed by atoms with E-state index >= 15 is 0 Å². The average Bonchev–Trinajstić information content (AvgIpc) is 3.37. The lowest BCUT2D eigenvalue weighted by Crippen LogP contribution is -2.35. The minimum Gasteiger partial charge on any atom is -0.373 e. The molecule has 2 aromatic rings. The topological polar surface area (TPSA) is 64.4 Å². The maximum Gasteiger partial charge on any atom is 0.240 e. The fraction of sp³-hybridized carbons (Fsp3) is 0.450. The van der Waals surface area contributed by atoms with Crippen LogP contribution in [0.3, 0.4) is 0 Å². The largest absolute Gasteiger partial charge is 0.373 e. The number of amides is 2. The molecule has 7 heteroatoms.